The van der Waals surface area contributed by atoms with Gasteiger partial charge in [0, 0.05) is 25.1 Å². The number of halogens is 1. The molecule has 1 aromatic heterocycles. The lowest BCUT2D eigenvalue weighted by Crippen LogP contribution is -2.41. The first kappa shape index (κ1) is 23.9. The molecule has 1 aliphatic rings. The van der Waals surface area contributed by atoms with E-state index in [0.29, 0.717) is 13.1 Å². The van der Waals surface area contributed by atoms with Gasteiger partial charge in [0.1, 0.15) is 5.82 Å². The maximum atomic E-state index is 5.73. The molecule has 1 unspecified atom stereocenters. The molecular formula is C20H31IN6OS. The molecule has 1 fully saturated rings. The lowest BCUT2D eigenvalue weighted by molar-refractivity contribution is 0.113. The van der Waals surface area contributed by atoms with Crippen LogP contribution in [0.4, 0.5) is 0 Å². The van der Waals surface area contributed by atoms with E-state index in [0.717, 1.165) is 43.6 Å². The molecule has 0 aliphatic carbocycles. The minimum Gasteiger partial charge on any atom is -0.376 e. The fourth-order valence-electron chi connectivity index (χ4n) is 3.10. The van der Waals surface area contributed by atoms with Crippen molar-refractivity contribution in [3.8, 4) is 0 Å². The molecule has 29 heavy (non-hydrogen) atoms. The lowest BCUT2D eigenvalue weighted by Gasteiger charge is -2.16. The summed E-state index contributed by atoms with van der Waals surface area (Å²) in [5, 5.41) is 15.2. The van der Waals surface area contributed by atoms with Gasteiger partial charge < -0.3 is 19.9 Å². The standard InChI is InChI=1S/C20H30N6OS.HI/c1-14-7-8-16(18(10-14)28-4)11-21-20(22-12-17-6-5-9-27-17)23-13-19-25-24-15(2)26(19)3;/h7-8,10,17H,5-6,9,11-13H2,1-4H3,(H2,21,22,23);1H. The summed E-state index contributed by atoms with van der Waals surface area (Å²) in [5.74, 6) is 2.54. The Bertz CT molecular complexity index is 819. The highest BCUT2D eigenvalue weighted by Gasteiger charge is 2.16. The van der Waals surface area contributed by atoms with Crippen LogP contribution in [0.5, 0.6) is 0 Å². The van der Waals surface area contributed by atoms with E-state index in [4.69, 9.17) is 9.73 Å². The van der Waals surface area contributed by atoms with Crippen molar-refractivity contribution < 1.29 is 4.74 Å². The number of rotatable bonds is 7. The molecule has 1 aromatic carbocycles. The smallest absolute Gasteiger partial charge is 0.192 e. The number of aryl methyl sites for hydroxylation is 2. The van der Waals surface area contributed by atoms with E-state index in [1.165, 1.54) is 16.0 Å². The third-order valence-electron chi connectivity index (χ3n) is 4.97. The van der Waals surface area contributed by atoms with Gasteiger partial charge in [0.25, 0.3) is 0 Å². The highest BCUT2D eigenvalue weighted by atomic mass is 127. The van der Waals surface area contributed by atoms with Gasteiger partial charge in [-0.1, -0.05) is 12.1 Å². The SMILES string of the molecule is CSc1cc(C)ccc1CN=C(NCc1nnc(C)n1C)NCC1CCCO1.I. The molecule has 2 N–H and O–H groups in total. The third kappa shape index (κ3) is 6.85. The molecule has 1 atom stereocenters. The maximum Gasteiger partial charge on any atom is 0.192 e. The van der Waals surface area contributed by atoms with Crippen molar-refractivity contribution >= 4 is 41.7 Å². The number of aromatic nitrogens is 3. The summed E-state index contributed by atoms with van der Waals surface area (Å²) in [4.78, 5) is 6.08. The molecule has 0 saturated carbocycles. The van der Waals surface area contributed by atoms with Gasteiger partial charge in [-0.15, -0.1) is 45.9 Å². The molecule has 2 heterocycles. The van der Waals surface area contributed by atoms with Crippen molar-refractivity contribution in [3.05, 3.63) is 41.0 Å². The first-order valence-corrected chi connectivity index (χ1v) is 10.9. The summed E-state index contributed by atoms with van der Waals surface area (Å²) >= 11 is 1.76. The number of hydrogen-bond acceptors (Lipinski definition) is 5. The number of nitrogens with zero attached hydrogens (tertiary/aromatic N) is 4. The van der Waals surface area contributed by atoms with Crippen molar-refractivity contribution in [2.45, 2.75) is 50.8 Å². The zero-order valence-corrected chi connectivity index (χ0v) is 20.7. The largest absolute Gasteiger partial charge is 0.376 e. The fraction of sp³-hybridized carbons (Fsp3) is 0.550. The predicted octanol–water partition coefficient (Wildman–Crippen LogP) is 3.19. The topological polar surface area (TPSA) is 76.4 Å². The number of aliphatic imine (C=N–C) groups is 1. The van der Waals surface area contributed by atoms with Crippen LogP contribution in [0, 0.1) is 13.8 Å². The van der Waals surface area contributed by atoms with Crippen LogP contribution in [-0.2, 0) is 24.9 Å². The zero-order chi connectivity index (χ0) is 19.9. The Morgan fingerprint density at radius 2 is 2.14 bits per heavy atom. The molecule has 7 nitrogen and oxygen atoms in total. The second kappa shape index (κ2) is 11.8. The number of thioether (sulfide) groups is 1. The Morgan fingerprint density at radius 1 is 1.31 bits per heavy atom. The second-order valence-corrected chi connectivity index (χ2v) is 7.92. The minimum atomic E-state index is 0. The van der Waals surface area contributed by atoms with Gasteiger partial charge in [0.15, 0.2) is 11.8 Å². The van der Waals surface area contributed by atoms with Crippen LogP contribution >= 0.6 is 35.7 Å². The molecular weight excluding hydrogens is 499 g/mol. The predicted molar refractivity (Wildman–Crippen MR) is 129 cm³/mol. The number of nitrogens with one attached hydrogen (secondary N) is 2. The Labute approximate surface area is 194 Å². The van der Waals surface area contributed by atoms with Crippen molar-refractivity contribution in [1.82, 2.24) is 25.4 Å². The van der Waals surface area contributed by atoms with E-state index < -0.39 is 0 Å². The second-order valence-electron chi connectivity index (χ2n) is 7.07. The molecule has 1 saturated heterocycles. The summed E-state index contributed by atoms with van der Waals surface area (Å²) in [5.41, 5.74) is 2.50. The Morgan fingerprint density at radius 3 is 2.79 bits per heavy atom. The highest BCUT2D eigenvalue weighted by Crippen LogP contribution is 2.22. The van der Waals surface area contributed by atoms with E-state index in [1.807, 2.05) is 18.5 Å². The minimum absolute atomic E-state index is 0. The normalized spacial score (nSPS) is 16.6. The first-order chi connectivity index (χ1) is 13.6. The number of benzene rings is 1. The quantitative estimate of drug-likeness (QED) is 0.248. The van der Waals surface area contributed by atoms with Gasteiger partial charge in [-0.2, -0.15) is 0 Å². The average Bonchev–Trinajstić information content (AvgIpc) is 3.33. The molecule has 1 aliphatic heterocycles. The third-order valence-corrected chi connectivity index (χ3v) is 5.79. The van der Waals surface area contributed by atoms with Crippen LogP contribution in [0.3, 0.4) is 0 Å². The number of hydrogen-bond donors (Lipinski definition) is 2. The van der Waals surface area contributed by atoms with Gasteiger partial charge in [-0.25, -0.2) is 4.99 Å². The van der Waals surface area contributed by atoms with E-state index >= 15 is 0 Å². The Balaban J connectivity index is 0.00000300. The van der Waals surface area contributed by atoms with Crippen molar-refractivity contribution in [2.75, 3.05) is 19.4 Å². The van der Waals surface area contributed by atoms with Crippen molar-refractivity contribution in [3.63, 3.8) is 0 Å². The van der Waals surface area contributed by atoms with Gasteiger partial charge in [0.05, 0.1) is 19.2 Å². The molecule has 0 amide bonds. The van der Waals surface area contributed by atoms with Crippen LogP contribution < -0.4 is 10.6 Å². The molecule has 160 valence electrons. The van der Waals surface area contributed by atoms with E-state index in [-0.39, 0.29) is 30.1 Å². The summed E-state index contributed by atoms with van der Waals surface area (Å²) in [6.45, 7) is 6.86. The average molecular weight is 530 g/mol. The molecule has 2 aromatic rings. The van der Waals surface area contributed by atoms with Crippen LogP contribution in [0.2, 0.25) is 0 Å². The van der Waals surface area contributed by atoms with Crippen molar-refractivity contribution in [1.29, 1.82) is 0 Å². The lowest BCUT2D eigenvalue weighted by atomic mass is 10.1. The summed E-state index contributed by atoms with van der Waals surface area (Å²) in [6, 6.07) is 6.51. The van der Waals surface area contributed by atoms with Gasteiger partial charge in [0.2, 0.25) is 0 Å². The molecule has 0 spiro atoms. The van der Waals surface area contributed by atoms with Crippen LogP contribution in [0.25, 0.3) is 0 Å². The summed E-state index contributed by atoms with van der Waals surface area (Å²) in [7, 11) is 1.97. The monoisotopic (exact) mass is 530 g/mol. The Kier molecular flexibility index (Phi) is 9.70. The number of guanidine groups is 1. The molecule has 0 radical (unpaired) electrons. The first-order valence-electron chi connectivity index (χ1n) is 9.69. The van der Waals surface area contributed by atoms with Crippen LogP contribution in [0.15, 0.2) is 28.1 Å². The highest BCUT2D eigenvalue weighted by molar-refractivity contribution is 14.0. The van der Waals surface area contributed by atoms with E-state index in [2.05, 4.69) is 52.2 Å². The summed E-state index contributed by atoms with van der Waals surface area (Å²) in [6.07, 6.45) is 4.58. The van der Waals surface area contributed by atoms with Crippen LogP contribution in [-0.4, -0.2) is 46.2 Å². The van der Waals surface area contributed by atoms with Gasteiger partial charge in [-0.3, -0.25) is 0 Å². The maximum absolute atomic E-state index is 5.73. The summed E-state index contributed by atoms with van der Waals surface area (Å²) < 4.78 is 7.71. The number of ether oxygens (including phenoxy) is 1. The molecule has 0 bridgehead atoms. The van der Waals surface area contributed by atoms with Gasteiger partial charge in [-0.05, 0) is 50.1 Å². The van der Waals surface area contributed by atoms with Crippen LogP contribution in [0.1, 0.15) is 35.6 Å². The zero-order valence-electron chi connectivity index (χ0n) is 17.6. The fourth-order valence-corrected chi connectivity index (χ4v) is 3.80. The Hall–Kier alpha value is -1.33. The van der Waals surface area contributed by atoms with Gasteiger partial charge >= 0.3 is 0 Å². The van der Waals surface area contributed by atoms with Crippen molar-refractivity contribution in [2.24, 2.45) is 12.0 Å². The molecule has 3 rings (SSSR count). The van der Waals surface area contributed by atoms with E-state index in [9.17, 15) is 0 Å². The van der Waals surface area contributed by atoms with E-state index in [1.54, 1.807) is 11.8 Å². The molecule has 9 heteroatoms.